The molecule has 0 aliphatic carbocycles. The average Bonchev–Trinajstić information content (AvgIpc) is 3.20. The van der Waals surface area contributed by atoms with Crippen molar-refractivity contribution in [3.63, 3.8) is 0 Å². The van der Waals surface area contributed by atoms with Gasteiger partial charge in [0.15, 0.2) is 5.15 Å². The van der Waals surface area contributed by atoms with Crippen LogP contribution >= 0.6 is 11.6 Å². The van der Waals surface area contributed by atoms with E-state index < -0.39 is 11.9 Å². The number of hydrogen-bond acceptors (Lipinski definition) is 6. The number of hydrogen-bond donors (Lipinski definition) is 0. The number of rotatable bonds is 9. The predicted octanol–water partition coefficient (Wildman–Crippen LogP) is 5.06. The molecule has 0 unspecified atom stereocenters. The number of anilines is 1. The maximum Gasteiger partial charge on any atom is 0.433 e. The molecular formula is C22H22ClF3N6O2. The second-order valence-electron chi connectivity index (χ2n) is 7.25. The molecule has 3 aromatic heterocycles. The molecule has 8 nitrogen and oxygen atoms in total. The summed E-state index contributed by atoms with van der Waals surface area (Å²) in [5.41, 5.74) is 1.22. The van der Waals surface area contributed by atoms with Crippen molar-refractivity contribution in [2.45, 2.75) is 39.5 Å². The van der Waals surface area contributed by atoms with Crippen LogP contribution in [0.3, 0.4) is 0 Å². The monoisotopic (exact) mass is 494 g/mol. The Bertz CT molecular complexity index is 1130. The van der Waals surface area contributed by atoms with Crippen LogP contribution in [-0.4, -0.2) is 37.9 Å². The summed E-state index contributed by atoms with van der Waals surface area (Å²) >= 11 is 6.28. The van der Waals surface area contributed by atoms with Crippen molar-refractivity contribution in [3.8, 4) is 5.69 Å². The Morgan fingerprint density at radius 1 is 1.24 bits per heavy atom. The molecule has 12 heteroatoms. The van der Waals surface area contributed by atoms with Crippen LogP contribution in [0.4, 0.5) is 18.9 Å². The van der Waals surface area contributed by atoms with Gasteiger partial charge in [-0.3, -0.25) is 14.8 Å². The highest BCUT2D eigenvalue weighted by Gasteiger charge is 2.32. The first-order chi connectivity index (χ1) is 16.2. The van der Waals surface area contributed by atoms with Crippen LogP contribution in [0.5, 0.6) is 0 Å². The zero-order valence-corrected chi connectivity index (χ0v) is 19.2. The van der Waals surface area contributed by atoms with Gasteiger partial charge in [-0.1, -0.05) is 22.8 Å². The SMILES string of the molecule is CCN(C(=O)CCC(C)=NOCc1ccc(C(F)(F)F)nc1)c1cn(-c2cccnc2)nc1Cl. The molecule has 0 N–H and O–H groups in total. The van der Waals surface area contributed by atoms with Gasteiger partial charge < -0.3 is 9.74 Å². The lowest BCUT2D eigenvalue weighted by Gasteiger charge is -2.19. The van der Waals surface area contributed by atoms with E-state index in [0.29, 0.717) is 35.6 Å². The molecule has 0 atom stereocenters. The number of aromatic nitrogens is 4. The average molecular weight is 495 g/mol. The zero-order valence-electron chi connectivity index (χ0n) is 18.5. The molecule has 3 heterocycles. The summed E-state index contributed by atoms with van der Waals surface area (Å²) in [5, 5.41) is 8.37. The number of halogens is 4. The van der Waals surface area contributed by atoms with Gasteiger partial charge in [0.1, 0.15) is 18.0 Å². The third kappa shape index (κ3) is 6.53. The Morgan fingerprint density at radius 3 is 2.65 bits per heavy atom. The highest BCUT2D eigenvalue weighted by Crippen LogP contribution is 2.28. The lowest BCUT2D eigenvalue weighted by Crippen LogP contribution is -2.30. The summed E-state index contributed by atoms with van der Waals surface area (Å²) in [6.07, 6.45) is 2.03. The van der Waals surface area contributed by atoms with Gasteiger partial charge in [-0.2, -0.15) is 18.3 Å². The maximum absolute atomic E-state index is 12.8. The number of carbonyl (C=O) groups is 1. The standard InChI is InChI=1S/C22H22ClF3N6O2/c1-3-31(18-13-32(29-21(18)23)17-5-4-10-27-12-17)20(33)9-6-15(2)30-34-14-16-7-8-19(28-11-16)22(24,25)26/h4-5,7-8,10-13H,3,6,9,14H2,1-2H3. The largest absolute Gasteiger partial charge is 0.433 e. The third-order valence-corrected chi connectivity index (χ3v) is 5.01. The quantitative estimate of drug-likeness (QED) is 0.306. The number of carbonyl (C=O) groups excluding carboxylic acids is 1. The summed E-state index contributed by atoms with van der Waals surface area (Å²) in [4.78, 5) is 26.9. The van der Waals surface area contributed by atoms with Gasteiger partial charge in [-0.15, -0.1) is 0 Å². The lowest BCUT2D eigenvalue weighted by molar-refractivity contribution is -0.141. The molecule has 0 aliphatic heterocycles. The van der Waals surface area contributed by atoms with Crippen LogP contribution in [-0.2, 0) is 22.4 Å². The van der Waals surface area contributed by atoms with Crippen LogP contribution in [0.25, 0.3) is 5.69 Å². The molecule has 0 spiro atoms. The summed E-state index contributed by atoms with van der Waals surface area (Å²) in [6, 6.07) is 5.75. The minimum atomic E-state index is -4.49. The van der Waals surface area contributed by atoms with Crippen LogP contribution in [0.2, 0.25) is 5.15 Å². The van der Waals surface area contributed by atoms with Gasteiger partial charge in [-0.25, -0.2) is 4.68 Å². The van der Waals surface area contributed by atoms with Gasteiger partial charge in [0.25, 0.3) is 0 Å². The Labute approximate surface area is 199 Å². The van der Waals surface area contributed by atoms with E-state index in [2.05, 4.69) is 20.2 Å². The van der Waals surface area contributed by atoms with E-state index in [4.69, 9.17) is 16.4 Å². The van der Waals surface area contributed by atoms with Crippen molar-refractivity contribution in [1.82, 2.24) is 19.7 Å². The molecule has 34 heavy (non-hydrogen) atoms. The van der Waals surface area contributed by atoms with Gasteiger partial charge in [0, 0.05) is 30.9 Å². The third-order valence-electron chi connectivity index (χ3n) is 4.74. The van der Waals surface area contributed by atoms with Gasteiger partial charge in [0.05, 0.1) is 23.8 Å². The lowest BCUT2D eigenvalue weighted by atomic mass is 10.2. The first-order valence-corrected chi connectivity index (χ1v) is 10.7. The molecule has 0 bridgehead atoms. The van der Waals surface area contributed by atoms with Crippen LogP contribution in [0, 0.1) is 0 Å². The molecule has 0 fully saturated rings. The van der Waals surface area contributed by atoms with E-state index in [1.54, 1.807) is 36.3 Å². The highest BCUT2D eigenvalue weighted by molar-refractivity contribution is 6.32. The second kappa shape index (κ2) is 11.1. The normalized spacial score (nSPS) is 12.0. The van der Waals surface area contributed by atoms with Crippen molar-refractivity contribution in [3.05, 3.63) is 65.5 Å². The molecule has 1 amide bonds. The molecule has 0 radical (unpaired) electrons. The Morgan fingerprint density at radius 2 is 2.03 bits per heavy atom. The van der Waals surface area contributed by atoms with E-state index >= 15 is 0 Å². The summed E-state index contributed by atoms with van der Waals surface area (Å²) in [7, 11) is 0. The van der Waals surface area contributed by atoms with Crippen LogP contribution in [0.15, 0.2) is 54.2 Å². The Balaban J connectivity index is 1.54. The molecule has 3 aromatic rings. The Hall–Kier alpha value is -3.47. The second-order valence-corrected chi connectivity index (χ2v) is 7.61. The molecular weight excluding hydrogens is 473 g/mol. The Kier molecular flexibility index (Phi) is 8.21. The van der Waals surface area contributed by atoms with Crippen molar-refractivity contribution in [2.24, 2.45) is 5.16 Å². The van der Waals surface area contributed by atoms with E-state index in [9.17, 15) is 18.0 Å². The van der Waals surface area contributed by atoms with E-state index in [1.165, 1.54) is 11.0 Å². The van der Waals surface area contributed by atoms with Gasteiger partial charge in [-0.05, 0) is 38.5 Å². The van der Waals surface area contributed by atoms with Gasteiger partial charge in [0.2, 0.25) is 5.91 Å². The molecule has 3 rings (SSSR count). The molecule has 0 aliphatic rings. The first kappa shape index (κ1) is 25.2. The maximum atomic E-state index is 12.8. The molecule has 0 saturated heterocycles. The highest BCUT2D eigenvalue weighted by atomic mass is 35.5. The smallest absolute Gasteiger partial charge is 0.391 e. The number of nitrogens with zero attached hydrogens (tertiary/aromatic N) is 6. The predicted molar refractivity (Wildman–Crippen MR) is 121 cm³/mol. The van der Waals surface area contributed by atoms with Crippen molar-refractivity contribution in [1.29, 1.82) is 0 Å². The van der Waals surface area contributed by atoms with E-state index in [1.807, 2.05) is 13.0 Å². The van der Waals surface area contributed by atoms with Crippen LogP contribution in [0.1, 0.15) is 37.9 Å². The van der Waals surface area contributed by atoms with Crippen molar-refractivity contribution >= 4 is 28.9 Å². The minimum Gasteiger partial charge on any atom is -0.391 e. The fraction of sp³-hybridized carbons (Fsp3) is 0.318. The number of alkyl halides is 3. The molecule has 180 valence electrons. The van der Waals surface area contributed by atoms with Crippen molar-refractivity contribution < 1.29 is 22.8 Å². The summed E-state index contributed by atoms with van der Waals surface area (Å²) < 4.78 is 39.2. The number of oxime groups is 1. The van der Waals surface area contributed by atoms with Gasteiger partial charge >= 0.3 is 6.18 Å². The zero-order chi connectivity index (χ0) is 24.7. The summed E-state index contributed by atoms with van der Waals surface area (Å²) in [6.45, 7) is 3.88. The van der Waals surface area contributed by atoms with E-state index in [-0.39, 0.29) is 24.1 Å². The molecule has 0 saturated carbocycles. The fourth-order valence-electron chi connectivity index (χ4n) is 2.99. The van der Waals surface area contributed by atoms with Crippen LogP contribution < -0.4 is 4.90 Å². The number of amides is 1. The van der Waals surface area contributed by atoms with Crippen molar-refractivity contribution in [2.75, 3.05) is 11.4 Å². The summed E-state index contributed by atoms with van der Waals surface area (Å²) in [5.74, 6) is -0.170. The topological polar surface area (TPSA) is 85.5 Å². The fourth-order valence-corrected chi connectivity index (χ4v) is 3.22. The molecule has 0 aromatic carbocycles. The number of pyridine rings is 2. The first-order valence-electron chi connectivity index (χ1n) is 10.3. The van der Waals surface area contributed by atoms with E-state index in [0.717, 1.165) is 12.3 Å². The minimum absolute atomic E-state index is 0.0410.